The summed E-state index contributed by atoms with van der Waals surface area (Å²) in [6, 6.07) is 5.03. The minimum absolute atomic E-state index is 0.0946. The summed E-state index contributed by atoms with van der Waals surface area (Å²) < 4.78 is 0. The lowest BCUT2D eigenvalue weighted by atomic mass is 10.3. The van der Waals surface area contributed by atoms with Gasteiger partial charge in [-0.3, -0.25) is 0 Å². The lowest BCUT2D eigenvalue weighted by Crippen LogP contribution is -2.22. The molecule has 4 nitrogen and oxygen atoms in total. The van der Waals surface area contributed by atoms with Gasteiger partial charge in [0.25, 0.3) is 0 Å². The Kier molecular flexibility index (Phi) is 5.28. The summed E-state index contributed by atoms with van der Waals surface area (Å²) in [5.74, 6) is -0.987. The van der Waals surface area contributed by atoms with E-state index in [9.17, 15) is 4.79 Å². The van der Waals surface area contributed by atoms with E-state index in [0.29, 0.717) is 11.8 Å². The molecule has 0 radical (unpaired) electrons. The number of rotatable bonds is 6. The van der Waals surface area contributed by atoms with Gasteiger partial charge in [0.1, 0.15) is 5.69 Å². The maximum absolute atomic E-state index is 10.7. The van der Waals surface area contributed by atoms with Crippen molar-refractivity contribution in [1.82, 2.24) is 10.3 Å². The molecule has 1 aromatic heterocycles. The molecule has 0 spiro atoms. The van der Waals surface area contributed by atoms with Gasteiger partial charge in [-0.25, -0.2) is 9.78 Å². The summed E-state index contributed by atoms with van der Waals surface area (Å²) in [5, 5.41) is 12.6. The monoisotopic (exact) mass is 240 g/mol. The predicted molar refractivity (Wildman–Crippen MR) is 65.9 cm³/mol. The van der Waals surface area contributed by atoms with Gasteiger partial charge in [0.2, 0.25) is 0 Å². The summed E-state index contributed by atoms with van der Waals surface area (Å²) in [6.45, 7) is 3.63. The third-order valence-corrected chi connectivity index (χ3v) is 3.14. The number of hydrogen-bond donors (Lipinski definition) is 2. The first-order chi connectivity index (χ1) is 7.63. The van der Waals surface area contributed by atoms with E-state index in [2.05, 4.69) is 23.5 Å². The molecule has 5 heteroatoms. The molecule has 2 N–H and O–H groups in total. The number of carbonyl (C=O) groups is 1. The zero-order valence-corrected chi connectivity index (χ0v) is 10.3. The number of hydrogen-bond acceptors (Lipinski definition) is 4. The lowest BCUT2D eigenvalue weighted by molar-refractivity contribution is 0.0690. The van der Waals surface area contributed by atoms with E-state index in [1.54, 1.807) is 17.8 Å². The van der Waals surface area contributed by atoms with Crippen molar-refractivity contribution in [3.63, 3.8) is 0 Å². The lowest BCUT2D eigenvalue weighted by Gasteiger charge is -2.09. The highest BCUT2D eigenvalue weighted by molar-refractivity contribution is 7.99. The zero-order valence-electron chi connectivity index (χ0n) is 9.43. The van der Waals surface area contributed by atoms with E-state index in [4.69, 9.17) is 5.11 Å². The van der Waals surface area contributed by atoms with Crippen molar-refractivity contribution in [2.24, 2.45) is 0 Å². The Hall–Kier alpha value is -1.07. The first-order valence-electron chi connectivity index (χ1n) is 5.06. The van der Waals surface area contributed by atoms with Gasteiger partial charge in [0.05, 0.1) is 5.69 Å². The molecule has 0 aliphatic rings. The Bertz CT molecular complexity index is 358. The van der Waals surface area contributed by atoms with Gasteiger partial charge < -0.3 is 10.4 Å². The van der Waals surface area contributed by atoms with Gasteiger partial charge in [-0.05, 0) is 18.4 Å². The molecule has 0 saturated carbocycles. The van der Waals surface area contributed by atoms with Crippen molar-refractivity contribution in [2.45, 2.75) is 18.7 Å². The van der Waals surface area contributed by atoms with Crippen molar-refractivity contribution in [1.29, 1.82) is 0 Å². The van der Waals surface area contributed by atoms with Gasteiger partial charge in [-0.2, -0.15) is 11.8 Å². The minimum Gasteiger partial charge on any atom is -0.477 e. The van der Waals surface area contributed by atoms with Crippen LogP contribution in [0.3, 0.4) is 0 Å². The van der Waals surface area contributed by atoms with Gasteiger partial charge in [0, 0.05) is 18.3 Å². The summed E-state index contributed by atoms with van der Waals surface area (Å²) in [7, 11) is 0. The normalized spacial score (nSPS) is 12.4. The maximum Gasteiger partial charge on any atom is 0.354 e. The maximum atomic E-state index is 10.7. The number of carboxylic acids is 1. The molecule has 1 aromatic rings. The average Bonchev–Trinajstić information content (AvgIpc) is 2.29. The van der Waals surface area contributed by atoms with Crippen LogP contribution in [-0.4, -0.2) is 34.1 Å². The standard InChI is InChI=1S/C11H16N2O2S/c1-8(16-2)6-12-7-9-4-3-5-10(13-9)11(14)15/h3-5,8,12H,6-7H2,1-2H3,(H,14,15). The van der Waals surface area contributed by atoms with Crippen molar-refractivity contribution in [3.05, 3.63) is 29.6 Å². The first-order valence-corrected chi connectivity index (χ1v) is 6.35. The summed E-state index contributed by atoms with van der Waals surface area (Å²) in [6.07, 6.45) is 2.07. The van der Waals surface area contributed by atoms with E-state index >= 15 is 0 Å². The largest absolute Gasteiger partial charge is 0.477 e. The van der Waals surface area contributed by atoms with Crippen LogP contribution in [0.25, 0.3) is 0 Å². The molecule has 16 heavy (non-hydrogen) atoms. The number of nitrogens with one attached hydrogen (secondary N) is 1. The number of thioether (sulfide) groups is 1. The fourth-order valence-corrected chi connectivity index (χ4v) is 1.47. The molecule has 1 heterocycles. The molecule has 88 valence electrons. The first kappa shape index (κ1) is 13.0. The molecule has 0 aromatic carbocycles. The van der Waals surface area contributed by atoms with Crippen LogP contribution in [-0.2, 0) is 6.54 Å². The van der Waals surface area contributed by atoms with Crippen molar-refractivity contribution < 1.29 is 9.90 Å². The van der Waals surface area contributed by atoms with Gasteiger partial charge in [-0.15, -0.1) is 0 Å². The molecule has 1 atom stereocenters. The van der Waals surface area contributed by atoms with E-state index < -0.39 is 5.97 Å². The van der Waals surface area contributed by atoms with E-state index in [-0.39, 0.29) is 5.69 Å². The molecule has 0 bridgehead atoms. The Morgan fingerprint density at radius 3 is 3.00 bits per heavy atom. The van der Waals surface area contributed by atoms with Crippen LogP contribution in [0, 0.1) is 0 Å². The molecule has 1 rings (SSSR count). The van der Waals surface area contributed by atoms with Crippen LogP contribution < -0.4 is 5.32 Å². The molecule has 0 fully saturated rings. The summed E-state index contributed by atoms with van der Waals surface area (Å²) in [5.41, 5.74) is 0.852. The summed E-state index contributed by atoms with van der Waals surface area (Å²) >= 11 is 1.79. The molecular formula is C11H16N2O2S. The molecule has 0 aliphatic heterocycles. The Balaban J connectivity index is 2.48. The fourth-order valence-electron chi connectivity index (χ4n) is 1.18. The SMILES string of the molecule is CSC(C)CNCc1cccc(C(=O)O)n1. The zero-order chi connectivity index (χ0) is 12.0. The van der Waals surface area contributed by atoms with Gasteiger partial charge in [-0.1, -0.05) is 13.0 Å². The quantitative estimate of drug-likeness (QED) is 0.791. The van der Waals surface area contributed by atoms with E-state index in [0.717, 1.165) is 12.2 Å². The van der Waals surface area contributed by atoms with E-state index in [1.807, 2.05) is 6.07 Å². The minimum atomic E-state index is -0.987. The van der Waals surface area contributed by atoms with Crippen LogP contribution in [0.4, 0.5) is 0 Å². The van der Waals surface area contributed by atoms with Crippen LogP contribution in [0.2, 0.25) is 0 Å². The second kappa shape index (κ2) is 6.50. The van der Waals surface area contributed by atoms with Crippen molar-refractivity contribution in [2.75, 3.05) is 12.8 Å². The van der Waals surface area contributed by atoms with Gasteiger partial charge >= 0.3 is 5.97 Å². The van der Waals surface area contributed by atoms with Crippen LogP contribution in [0.1, 0.15) is 23.1 Å². The Morgan fingerprint density at radius 1 is 1.62 bits per heavy atom. The van der Waals surface area contributed by atoms with Crippen LogP contribution in [0.5, 0.6) is 0 Å². The molecule has 0 saturated heterocycles. The number of aromatic nitrogens is 1. The predicted octanol–water partition coefficient (Wildman–Crippen LogP) is 1.62. The number of aromatic carboxylic acids is 1. The Labute approximate surface area is 99.5 Å². The molecule has 0 aliphatic carbocycles. The molecule has 0 amide bonds. The highest BCUT2D eigenvalue weighted by atomic mass is 32.2. The second-order valence-corrected chi connectivity index (χ2v) is 4.77. The van der Waals surface area contributed by atoms with Crippen LogP contribution in [0.15, 0.2) is 18.2 Å². The third kappa shape index (κ3) is 4.20. The second-order valence-electron chi connectivity index (χ2n) is 3.50. The van der Waals surface area contributed by atoms with E-state index in [1.165, 1.54) is 6.07 Å². The fraction of sp³-hybridized carbons (Fsp3) is 0.455. The van der Waals surface area contributed by atoms with Gasteiger partial charge in [0.15, 0.2) is 0 Å². The van der Waals surface area contributed by atoms with Crippen molar-refractivity contribution in [3.8, 4) is 0 Å². The number of pyridine rings is 1. The van der Waals surface area contributed by atoms with Crippen LogP contribution >= 0.6 is 11.8 Å². The average molecular weight is 240 g/mol. The highest BCUT2D eigenvalue weighted by Crippen LogP contribution is 2.03. The smallest absolute Gasteiger partial charge is 0.354 e. The highest BCUT2D eigenvalue weighted by Gasteiger charge is 2.05. The molecule has 1 unspecified atom stereocenters. The van der Waals surface area contributed by atoms with Crippen molar-refractivity contribution >= 4 is 17.7 Å². The summed E-state index contributed by atoms with van der Waals surface area (Å²) in [4.78, 5) is 14.7. The number of nitrogens with zero attached hydrogens (tertiary/aromatic N) is 1. The number of carboxylic acid groups (broad SMARTS) is 1. The Morgan fingerprint density at radius 2 is 2.38 bits per heavy atom. The third-order valence-electron chi connectivity index (χ3n) is 2.17. The topological polar surface area (TPSA) is 62.2 Å². The molecular weight excluding hydrogens is 224 g/mol.